The van der Waals surface area contributed by atoms with Crippen molar-refractivity contribution in [3.8, 4) is 0 Å². The summed E-state index contributed by atoms with van der Waals surface area (Å²) in [4.78, 5) is 23.8. The lowest BCUT2D eigenvalue weighted by atomic mass is 10.2. The Bertz CT molecular complexity index is 532. The molecule has 0 saturated heterocycles. The van der Waals surface area contributed by atoms with Gasteiger partial charge in [0.25, 0.3) is 0 Å². The van der Waals surface area contributed by atoms with Gasteiger partial charge in [-0.1, -0.05) is 6.42 Å². The Morgan fingerprint density at radius 1 is 1.05 bits per heavy atom. The first-order valence-corrected chi connectivity index (χ1v) is 7.05. The number of unbranched alkanes of at least 4 members (excludes halogenated alkanes) is 2. The van der Waals surface area contributed by atoms with Crippen LogP contribution in [-0.2, 0) is 4.79 Å². The molecule has 6 nitrogen and oxygen atoms in total. The zero-order valence-corrected chi connectivity index (χ0v) is 11.8. The number of hydrogen-bond donors (Lipinski definition) is 2. The van der Waals surface area contributed by atoms with Crippen molar-refractivity contribution in [2.45, 2.75) is 25.7 Å². The van der Waals surface area contributed by atoms with Gasteiger partial charge in [0.2, 0.25) is 11.9 Å². The van der Waals surface area contributed by atoms with Crippen molar-refractivity contribution in [2.24, 2.45) is 0 Å². The van der Waals surface area contributed by atoms with Crippen molar-refractivity contribution >= 4 is 17.5 Å². The van der Waals surface area contributed by atoms with E-state index >= 15 is 0 Å². The predicted molar refractivity (Wildman–Crippen MR) is 81.9 cm³/mol. The fourth-order valence-electron chi connectivity index (χ4n) is 1.84. The molecule has 0 atom stereocenters. The zero-order valence-electron chi connectivity index (χ0n) is 11.8. The average molecular weight is 285 g/mol. The second-order valence-corrected chi connectivity index (χ2v) is 4.60. The highest BCUT2D eigenvalue weighted by atomic mass is 16.1. The number of rotatable bonds is 8. The maximum Gasteiger partial charge on any atom is 0.224 e. The van der Waals surface area contributed by atoms with Crippen LogP contribution in [0.1, 0.15) is 25.7 Å². The van der Waals surface area contributed by atoms with Crippen LogP contribution in [0.3, 0.4) is 0 Å². The van der Waals surface area contributed by atoms with Gasteiger partial charge in [0.1, 0.15) is 0 Å². The monoisotopic (exact) mass is 285 g/mol. The number of carbonyl (C=O) groups excluding carboxylic acids is 1. The predicted octanol–water partition coefficient (Wildman–Crippen LogP) is 2.48. The van der Waals surface area contributed by atoms with E-state index in [-0.39, 0.29) is 5.91 Å². The van der Waals surface area contributed by atoms with E-state index in [9.17, 15) is 4.79 Å². The van der Waals surface area contributed by atoms with Gasteiger partial charge in [0.05, 0.1) is 11.9 Å². The summed E-state index contributed by atoms with van der Waals surface area (Å²) in [6, 6.07) is 5.41. The van der Waals surface area contributed by atoms with Gasteiger partial charge in [-0.3, -0.25) is 9.78 Å². The van der Waals surface area contributed by atoms with E-state index in [4.69, 9.17) is 0 Å². The van der Waals surface area contributed by atoms with Gasteiger partial charge in [0, 0.05) is 31.6 Å². The third kappa shape index (κ3) is 5.99. The number of aromatic nitrogens is 3. The molecule has 0 saturated carbocycles. The second-order valence-electron chi connectivity index (χ2n) is 4.60. The van der Waals surface area contributed by atoms with Gasteiger partial charge in [-0.05, 0) is 31.0 Å². The molecule has 6 heteroatoms. The summed E-state index contributed by atoms with van der Waals surface area (Å²) in [6.07, 6.45) is 10.1. The number of hydrogen-bond acceptors (Lipinski definition) is 5. The minimum absolute atomic E-state index is 0.0300. The third-order valence-corrected chi connectivity index (χ3v) is 2.87. The molecular formula is C15H19N5O. The zero-order chi connectivity index (χ0) is 14.8. The highest BCUT2D eigenvalue weighted by Gasteiger charge is 2.02. The summed E-state index contributed by atoms with van der Waals surface area (Å²) in [7, 11) is 0. The van der Waals surface area contributed by atoms with E-state index in [1.54, 1.807) is 36.9 Å². The molecule has 1 amide bonds. The van der Waals surface area contributed by atoms with Crippen molar-refractivity contribution < 1.29 is 4.79 Å². The average Bonchev–Trinajstić information content (AvgIpc) is 2.53. The normalized spacial score (nSPS) is 10.1. The molecule has 0 aliphatic carbocycles. The molecule has 0 aliphatic rings. The smallest absolute Gasteiger partial charge is 0.224 e. The Morgan fingerprint density at radius 2 is 1.90 bits per heavy atom. The van der Waals surface area contributed by atoms with Gasteiger partial charge in [-0.25, -0.2) is 9.97 Å². The van der Waals surface area contributed by atoms with E-state index in [2.05, 4.69) is 25.6 Å². The molecule has 21 heavy (non-hydrogen) atoms. The molecule has 0 aromatic carbocycles. The van der Waals surface area contributed by atoms with Crippen molar-refractivity contribution in [3.63, 3.8) is 0 Å². The van der Waals surface area contributed by atoms with Crippen LogP contribution in [0.25, 0.3) is 0 Å². The summed E-state index contributed by atoms with van der Waals surface area (Å²) >= 11 is 0. The van der Waals surface area contributed by atoms with E-state index in [0.29, 0.717) is 12.4 Å². The maximum atomic E-state index is 11.7. The highest BCUT2D eigenvalue weighted by Crippen LogP contribution is 2.06. The largest absolute Gasteiger partial charge is 0.354 e. The lowest BCUT2D eigenvalue weighted by Gasteiger charge is -2.05. The van der Waals surface area contributed by atoms with Crippen LogP contribution in [0, 0.1) is 0 Å². The topological polar surface area (TPSA) is 79.8 Å². The SMILES string of the molecule is O=C(CCCCCNc1ncccn1)Nc1cccnc1. The number of anilines is 2. The van der Waals surface area contributed by atoms with Gasteiger partial charge in [0.15, 0.2) is 0 Å². The standard InChI is InChI=1S/C15H19N5O/c21-14(20-13-6-4-8-16-12-13)7-2-1-3-9-17-15-18-10-5-11-19-15/h4-6,8,10-12H,1-3,7,9H2,(H,20,21)(H,17,18,19). The number of carbonyl (C=O) groups is 1. The summed E-state index contributed by atoms with van der Waals surface area (Å²) in [5.41, 5.74) is 0.741. The molecule has 2 rings (SSSR count). The number of amides is 1. The van der Waals surface area contributed by atoms with Crippen LogP contribution in [0.2, 0.25) is 0 Å². The van der Waals surface area contributed by atoms with E-state index in [1.165, 1.54) is 0 Å². The molecule has 0 bridgehead atoms. The molecule has 2 N–H and O–H groups in total. The minimum Gasteiger partial charge on any atom is -0.354 e. The fraction of sp³-hybridized carbons (Fsp3) is 0.333. The molecule has 2 aromatic rings. The Balaban J connectivity index is 1.52. The van der Waals surface area contributed by atoms with Crippen LogP contribution < -0.4 is 10.6 Å². The van der Waals surface area contributed by atoms with Gasteiger partial charge < -0.3 is 10.6 Å². The maximum absolute atomic E-state index is 11.7. The van der Waals surface area contributed by atoms with Crippen LogP contribution in [-0.4, -0.2) is 27.4 Å². The Labute approximate surface area is 124 Å². The fourth-order valence-corrected chi connectivity index (χ4v) is 1.84. The minimum atomic E-state index is 0.0300. The van der Waals surface area contributed by atoms with Crippen molar-refractivity contribution in [1.82, 2.24) is 15.0 Å². The number of pyridine rings is 1. The molecule has 0 fully saturated rings. The van der Waals surface area contributed by atoms with E-state index in [0.717, 1.165) is 31.5 Å². The van der Waals surface area contributed by atoms with Crippen LogP contribution in [0.15, 0.2) is 43.0 Å². The van der Waals surface area contributed by atoms with Gasteiger partial charge >= 0.3 is 0 Å². The quantitative estimate of drug-likeness (QED) is 0.728. The van der Waals surface area contributed by atoms with E-state index < -0.39 is 0 Å². The van der Waals surface area contributed by atoms with Crippen molar-refractivity contribution in [2.75, 3.05) is 17.2 Å². The summed E-state index contributed by atoms with van der Waals surface area (Å²) in [5.74, 6) is 0.675. The molecule has 0 spiro atoms. The molecule has 0 unspecified atom stereocenters. The number of nitrogens with one attached hydrogen (secondary N) is 2. The van der Waals surface area contributed by atoms with Gasteiger partial charge in [-0.2, -0.15) is 0 Å². The first-order valence-electron chi connectivity index (χ1n) is 7.05. The summed E-state index contributed by atoms with van der Waals surface area (Å²) < 4.78 is 0. The second kappa shape index (κ2) is 8.63. The molecule has 0 aliphatic heterocycles. The molecule has 0 radical (unpaired) electrons. The van der Waals surface area contributed by atoms with Crippen LogP contribution in [0.5, 0.6) is 0 Å². The van der Waals surface area contributed by atoms with Gasteiger partial charge in [-0.15, -0.1) is 0 Å². The Kier molecular flexibility index (Phi) is 6.12. The molecule has 110 valence electrons. The highest BCUT2D eigenvalue weighted by molar-refractivity contribution is 5.90. The molecule has 2 aromatic heterocycles. The summed E-state index contributed by atoms with van der Waals surface area (Å²) in [6.45, 7) is 0.814. The molecule has 2 heterocycles. The molecular weight excluding hydrogens is 266 g/mol. The van der Waals surface area contributed by atoms with E-state index in [1.807, 2.05) is 6.07 Å². The Hall–Kier alpha value is -2.50. The first-order chi connectivity index (χ1) is 10.3. The van der Waals surface area contributed by atoms with Crippen molar-refractivity contribution in [1.29, 1.82) is 0 Å². The first kappa shape index (κ1) is 14.9. The Morgan fingerprint density at radius 3 is 2.67 bits per heavy atom. The van der Waals surface area contributed by atoms with Crippen LogP contribution >= 0.6 is 0 Å². The summed E-state index contributed by atoms with van der Waals surface area (Å²) in [5, 5.41) is 5.96. The van der Waals surface area contributed by atoms with Crippen molar-refractivity contribution in [3.05, 3.63) is 43.0 Å². The van der Waals surface area contributed by atoms with Crippen LogP contribution in [0.4, 0.5) is 11.6 Å². The lowest BCUT2D eigenvalue weighted by Crippen LogP contribution is -2.11. The lowest BCUT2D eigenvalue weighted by molar-refractivity contribution is -0.116. The number of nitrogens with zero attached hydrogens (tertiary/aromatic N) is 3. The third-order valence-electron chi connectivity index (χ3n) is 2.87.